The molecule has 19 heavy (non-hydrogen) atoms. The largest absolute Gasteiger partial charge is 0.377 e. The van der Waals surface area contributed by atoms with Crippen molar-refractivity contribution in [1.29, 1.82) is 0 Å². The molecule has 2 rings (SSSR count). The topological polar surface area (TPSA) is 50.4 Å². The number of nitrogens with one attached hydrogen (secondary N) is 2. The SMILES string of the molecule is CC(NCC1CCCCO1)C(=O)NC1CCCCC1. The summed E-state index contributed by atoms with van der Waals surface area (Å²) in [5.74, 6) is 0.141. The standard InChI is InChI=1S/C15H28N2O2/c1-12(16-11-14-9-5-6-10-19-14)15(18)17-13-7-3-2-4-8-13/h12-14,16H,2-11H2,1H3,(H,17,18). The van der Waals surface area contributed by atoms with Crippen LogP contribution in [0.4, 0.5) is 0 Å². The fourth-order valence-corrected chi connectivity index (χ4v) is 2.94. The third kappa shape index (κ3) is 5.11. The van der Waals surface area contributed by atoms with Gasteiger partial charge in [0.1, 0.15) is 0 Å². The lowest BCUT2D eigenvalue weighted by atomic mass is 9.95. The molecule has 1 heterocycles. The summed E-state index contributed by atoms with van der Waals surface area (Å²) in [7, 11) is 0. The van der Waals surface area contributed by atoms with Gasteiger partial charge in [-0.3, -0.25) is 4.79 Å². The molecule has 1 aliphatic heterocycles. The summed E-state index contributed by atoms with van der Waals surface area (Å²) in [4.78, 5) is 12.1. The van der Waals surface area contributed by atoms with E-state index in [1.54, 1.807) is 0 Å². The van der Waals surface area contributed by atoms with Crippen molar-refractivity contribution in [3.8, 4) is 0 Å². The molecular weight excluding hydrogens is 240 g/mol. The summed E-state index contributed by atoms with van der Waals surface area (Å²) in [6.07, 6.45) is 9.94. The second-order valence-corrected chi connectivity index (χ2v) is 5.96. The first-order valence-corrected chi connectivity index (χ1v) is 7.91. The molecule has 0 radical (unpaired) electrons. The maximum atomic E-state index is 12.1. The van der Waals surface area contributed by atoms with Crippen LogP contribution in [0.15, 0.2) is 0 Å². The summed E-state index contributed by atoms with van der Waals surface area (Å²) in [5.41, 5.74) is 0. The van der Waals surface area contributed by atoms with Crippen LogP contribution in [0.3, 0.4) is 0 Å². The molecular formula is C15H28N2O2. The molecule has 4 nitrogen and oxygen atoms in total. The van der Waals surface area contributed by atoms with E-state index >= 15 is 0 Å². The minimum atomic E-state index is -0.118. The van der Waals surface area contributed by atoms with Crippen molar-refractivity contribution in [3.63, 3.8) is 0 Å². The molecule has 0 aromatic rings. The van der Waals surface area contributed by atoms with Gasteiger partial charge in [-0.1, -0.05) is 19.3 Å². The van der Waals surface area contributed by atoms with Gasteiger partial charge in [-0.05, 0) is 39.0 Å². The van der Waals surface area contributed by atoms with E-state index in [2.05, 4.69) is 10.6 Å². The van der Waals surface area contributed by atoms with Gasteiger partial charge in [-0.15, -0.1) is 0 Å². The molecule has 0 spiro atoms. The van der Waals surface area contributed by atoms with E-state index in [0.29, 0.717) is 12.1 Å². The van der Waals surface area contributed by atoms with Crippen LogP contribution in [-0.2, 0) is 9.53 Å². The third-order valence-corrected chi connectivity index (χ3v) is 4.27. The van der Waals surface area contributed by atoms with Crippen LogP contribution in [-0.4, -0.2) is 37.2 Å². The number of rotatable bonds is 5. The number of hydrogen-bond acceptors (Lipinski definition) is 3. The monoisotopic (exact) mass is 268 g/mol. The number of hydrogen-bond donors (Lipinski definition) is 2. The van der Waals surface area contributed by atoms with Crippen molar-refractivity contribution in [2.24, 2.45) is 0 Å². The van der Waals surface area contributed by atoms with Crippen molar-refractivity contribution in [1.82, 2.24) is 10.6 Å². The Bertz CT molecular complexity index is 271. The molecule has 0 bridgehead atoms. The van der Waals surface area contributed by atoms with Gasteiger partial charge in [-0.2, -0.15) is 0 Å². The summed E-state index contributed by atoms with van der Waals surface area (Å²) >= 11 is 0. The lowest BCUT2D eigenvalue weighted by Gasteiger charge is -2.27. The lowest BCUT2D eigenvalue weighted by molar-refractivity contribution is -0.123. The Morgan fingerprint density at radius 1 is 1.16 bits per heavy atom. The fraction of sp³-hybridized carbons (Fsp3) is 0.933. The number of carbonyl (C=O) groups excluding carboxylic acids is 1. The molecule has 1 saturated carbocycles. The van der Waals surface area contributed by atoms with Crippen molar-refractivity contribution in [3.05, 3.63) is 0 Å². The summed E-state index contributed by atoms with van der Waals surface area (Å²) in [6.45, 7) is 3.61. The molecule has 4 heteroatoms. The van der Waals surface area contributed by atoms with Crippen LogP contribution in [0.2, 0.25) is 0 Å². The second kappa shape index (κ2) is 7.85. The van der Waals surface area contributed by atoms with Crippen LogP contribution in [0.1, 0.15) is 58.3 Å². The van der Waals surface area contributed by atoms with Crippen LogP contribution in [0.5, 0.6) is 0 Å². The summed E-state index contributed by atoms with van der Waals surface area (Å²) < 4.78 is 5.66. The van der Waals surface area contributed by atoms with Gasteiger partial charge in [-0.25, -0.2) is 0 Å². The molecule has 2 atom stereocenters. The zero-order valence-electron chi connectivity index (χ0n) is 12.1. The van der Waals surface area contributed by atoms with Crippen molar-refractivity contribution in [2.45, 2.75) is 76.5 Å². The maximum Gasteiger partial charge on any atom is 0.237 e. The average Bonchev–Trinajstić information content (AvgIpc) is 2.47. The molecule has 2 aliphatic rings. The Hall–Kier alpha value is -0.610. The normalized spacial score (nSPS) is 26.9. The quantitative estimate of drug-likeness (QED) is 0.801. The van der Waals surface area contributed by atoms with E-state index in [4.69, 9.17) is 4.74 Å². The fourth-order valence-electron chi connectivity index (χ4n) is 2.94. The highest BCUT2D eigenvalue weighted by atomic mass is 16.5. The highest BCUT2D eigenvalue weighted by molar-refractivity contribution is 5.81. The van der Waals surface area contributed by atoms with E-state index in [-0.39, 0.29) is 11.9 Å². The first-order valence-electron chi connectivity index (χ1n) is 7.91. The third-order valence-electron chi connectivity index (χ3n) is 4.27. The predicted octanol–water partition coefficient (Wildman–Crippen LogP) is 1.98. The minimum absolute atomic E-state index is 0.118. The first kappa shape index (κ1) is 14.8. The van der Waals surface area contributed by atoms with Gasteiger partial charge in [0.15, 0.2) is 0 Å². The van der Waals surface area contributed by atoms with E-state index in [9.17, 15) is 4.79 Å². The molecule has 1 saturated heterocycles. The molecule has 1 aliphatic carbocycles. The van der Waals surface area contributed by atoms with E-state index < -0.39 is 0 Å². The van der Waals surface area contributed by atoms with Crippen molar-refractivity contribution < 1.29 is 9.53 Å². The van der Waals surface area contributed by atoms with Gasteiger partial charge in [0.05, 0.1) is 12.1 Å². The Balaban J connectivity index is 1.63. The molecule has 1 amide bonds. The molecule has 110 valence electrons. The van der Waals surface area contributed by atoms with Gasteiger partial charge in [0, 0.05) is 19.2 Å². The highest BCUT2D eigenvalue weighted by Crippen LogP contribution is 2.17. The molecule has 0 aromatic heterocycles. The van der Waals surface area contributed by atoms with Gasteiger partial charge >= 0.3 is 0 Å². The van der Waals surface area contributed by atoms with Crippen LogP contribution < -0.4 is 10.6 Å². The summed E-state index contributed by atoms with van der Waals surface area (Å²) in [6, 6.07) is 0.281. The van der Waals surface area contributed by atoms with Crippen LogP contribution >= 0.6 is 0 Å². The lowest BCUT2D eigenvalue weighted by Crippen LogP contribution is -2.48. The number of carbonyl (C=O) groups is 1. The molecule has 2 fully saturated rings. The van der Waals surface area contributed by atoms with Crippen molar-refractivity contribution >= 4 is 5.91 Å². The average molecular weight is 268 g/mol. The van der Waals surface area contributed by atoms with Crippen LogP contribution in [0, 0.1) is 0 Å². The van der Waals surface area contributed by atoms with E-state index in [1.165, 1.54) is 32.1 Å². The zero-order chi connectivity index (χ0) is 13.5. The Kier molecular flexibility index (Phi) is 6.11. The summed E-state index contributed by atoms with van der Waals surface area (Å²) in [5, 5.41) is 6.47. The second-order valence-electron chi connectivity index (χ2n) is 5.96. The Labute approximate surface area is 116 Å². The predicted molar refractivity (Wildman–Crippen MR) is 76.1 cm³/mol. The van der Waals surface area contributed by atoms with Gasteiger partial charge in [0.25, 0.3) is 0 Å². The zero-order valence-corrected chi connectivity index (χ0v) is 12.1. The Morgan fingerprint density at radius 3 is 2.58 bits per heavy atom. The number of ether oxygens (including phenoxy) is 1. The van der Waals surface area contributed by atoms with E-state index in [0.717, 1.165) is 32.4 Å². The van der Waals surface area contributed by atoms with Crippen LogP contribution in [0.25, 0.3) is 0 Å². The number of amides is 1. The Morgan fingerprint density at radius 2 is 1.89 bits per heavy atom. The maximum absolute atomic E-state index is 12.1. The first-order chi connectivity index (χ1) is 9.25. The van der Waals surface area contributed by atoms with E-state index in [1.807, 2.05) is 6.92 Å². The molecule has 2 unspecified atom stereocenters. The van der Waals surface area contributed by atoms with Crippen molar-refractivity contribution in [2.75, 3.05) is 13.2 Å². The molecule has 0 aromatic carbocycles. The highest BCUT2D eigenvalue weighted by Gasteiger charge is 2.21. The minimum Gasteiger partial charge on any atom is -0.377 e. The van der Waals surface area contributed by atoms with Gasteiger partial charge < -0.3 is 15.4 Å². The van der Waals surface area contributed by atoms with Gasteiger partial charge in [0.2, 0.25) is 5.91 Å². The smallest absolute Gasteiger partial charge is 0.237 e. The molecule has 2 N–H and O–H groups in total.